The van der Waals surface area contributed by atoms with Crippen LogP contribution >= 0.6 is 12.2 Å². The second-order valence-electron chi connectivity index (χ2n) is 6.24. The van der Waals surface area contributed by atoms with E-state index in [2.05, 4.69) is 10.2 Å². The molecular formula is C18H25N3O3S. The maximum Gasteiger partial charge on any atom is 0.410 e. The minimum atomic E-state index is -0.170. The number of carbonyl (C=O) groups excluding carboxylic acids is 1. The molecule has 25 heavy (non-hydrogen) atoms. The highest BCUT2D eigenvalue weighted by Crippen LogP contribution is 2.25. The van der Waals surface area contributed by atoms with Crippen LogP contribution in [0.25, 0.3) is 0 Å². The second kappa shape index (κ2) is 8.38. The Balaban J connectivity index is 1.54. The summed E-state index contributed by atoms with van der Waals surface area (Å²) in [6.07, 6.45) is 2.56. The molecule has 0 atom stereocenters. The van der Waals surface area contributed by atoms with Crippen molar-refractivity contribution in [2.24, 2.45) is 0 Å². The SMILES string of the molecule is CCOc1ccccc1NC(=S)N1CCC(N2CCCOC2=O)CC1. The molecule has 2 aliphatic heterocycles. The number of thiocarbonyl (C=S) groups is 1. The van der Waals surface area contributed by atoms with E-state index < -0.39 is 0 Å². The summed E-state index contributed by atoms with van der Waals surface area (Å²) in [4.78, 5) is 15.9. The van der Waals surface area contributed by atoms with Crippen molar-refractivity contribution in [3.05, 3.63) is 24.3 Å². The molecule has 7 heteroatoms. The van der Waals surface area contributed by atoms with Crippen LogP contribution in [0.3, 0.4) is 0 Å². The van der Waals surface area contributed by atoms with E-state index in [9.17, 15) is 4.79 Å². The van der Waals surface area contributed by atoms with Crippen molar-refractivity contribution in [3.63, 3.8) is 0 Å². The van der Waals surface area contributed by atoms with Crippen LogP contribution in [0, 0.1) is 0 Å². The summed E-state index contributed by atoms with van der Waals surface area (Å²) in [6, 6.07) is 8.06. The first kappa shape index (κ1) is 17.8. The van der Waals surface area contributed by atoms with Gasteiger partial charge in [0, 0.05) is 25.7 Å². The van der Waals surface area contributed by atoms with Crippen molar-refractivity contribution in [2.45, 2.75) is 32.2 Å². The molecule has 2 fully saturated rings. The number of piperidine rings is 1. The lowest BCUT2D eigenvalue weighted by Gasteiger charge is -2.40. The molecule has 2 aliphatic rings. The van der Waals surface area contributed by atoms with Crippen LogP contribution in [0.5, 0.6) is 5.75 Å². The fourth-order valence-electron chi connectivity index (χ4n) is 3.33. The number of amides is 1. The third kappa shape index (κ3) is 4.34. The maximum absolute atomic E-state index is 11.9. The Bertz CT molecular complexity index is 617. The highest BCUT2D eigenvalue weighted by molar-refractivity contribution is 7.80. The van der Waals surface area contributed by atoms with Gasteiger partial charge in [0.05, 0.1) is 18.9 Å². The van der Waals surface area contributed by atoms with Gasteiger partial charge in [0.25, 0.3) is 0 Å². The number of hydrogen-bond acceptors (Lipinski definition) is 4. The van der Waals surface area contributed by atoms with E-state index >= 15 is 0 Å². The highest BCUT2D eigenvalue weighted by Gasteiger charge is 2.31. The zero-order valence-electron chi connectivity index (χ0n) is 14.6. The summed E-state index contributed by atoms with van der Waals surface area (Å²) < 4.78 is 10.8. The lowest BCUT2D eigenvalue weighted by molar-refractivity contribution is 0.0435. The van der Waals surface area contributed by atoms with Crippen LogP contribution < -0.4 is 10.1 Å². The van der Waals surface area contributed by atoms with Crippen LogP contribution in [-0.2, 0) is 4.74 Å². The number of hydrogen-bond donors (Lipinski definition) is 1. The molecule has 0 spiro atoms. The van der Waals surface area contributed by atoms with Crippen molar-refractivity contribution in [3.8, 4) is 5.75 Å². The molecule has 136 valence electrons. The van der Waals surface area contributed by atoms with Gasteiger partial charge < -0.3 is 24.6 Å². The van der Waals surface area contributed by atoms with Gasteiger partial charge in [-0.2, -0.15) is 0 Å². The molecule has 6 nitrogen and oxygen atoms in total. The third-order valence-corrected chi connectivity index (χ3v) is 4.98. The maximum atomic E-state index is 11.9. The Morgan fingerprint density at radius 3 is 2.80 bits per heavy atom. The Kier molecular flexibility index (Phi) is 5.96. The largest absolute Gasteiger partial charge is 0.492 e. The number of nitrogens with zero attached hydrogens (tertiary/aromatic N) is 2. The first-order valence-electron chi connectivity index (χ1n) is 8.90. The van der Waals surface area contributed by atoms with Gasteiger partial charge in [0.15, 0.2) is 5.11 Å². The molecule has 1 aromatic rings. The average molecular weight is 363 g/mol. The van der Waals surface area contributed by atoms with Crippen LogP contribution in [-0.4, -0.2) is 59.9 Å². The number of likely N-dealkylation sites (tertiary alicyclic amines) is 1. The van der Waals surface area contributed by atoms with Crippen molar-refractivity contribution in [1.82, 2.24) is 9.80 Å². The Labute approximate surface area is 154 Å². The van der Waals surface area contributed by atoms with Crippen molar-refractivity contribution >= 4 is 29.1 Å². The number of carbonyl (C=O) groups is 1. The van der Waals surface area contributed by atoms with Crippen LogP contribution in [0.4, 0.5) is 10.5 Å². The molecule has 0 aliphatic carbocycles. The number of ether oxygens (including phenoxy) is 2. The van der Waals surface area contributed by atoms with Gasteiger partial charge in [-0.15, -0.1) is 0 Å². The Hall–Kier alpha value is -2.02. The molecule has 0 unspecified atom stereocenters. The number of nitrogens with one attached hydrogen (secondary N) is 1. The van der Waals surface area contributed by atoms with Gasteiger partial charge in [-0.1, -0.05) is 12.1 Å². The molecular weight excluding hydrogens is 338 g/mol. The van der Waals surface area contributed by atoms with Crippen LogP contribution in [0.15, 0.2) is 24.3 Å². The number of para-hydroxylation sites is 2. The molecule has 2 heterocycles. The summed E-state index contributed by atoms with van der Waals surface area (Å²) in [6.45, 7) is 5.58. The zero-order valence-corrected chi connectivity index (χ0v) is 15.4. The fraction of sp³-hybridized carbons (Fsp3) is 0.556. The van der Waals surface area contributed by atoms with Crippen molar-refractivity contribution in [2.75, 3.05) is 38.2 Å². The van der Waals surface area contributed by atoms with E-state index in [0.717, 1.165) is 50.3 Å². The highest BCUT2D eigenvalue weighted by atomic mass is 32.1. The standard InChI is InChI=1S/C18H25N3O3S/c1-2-23-16-7-4-3-6-15(16)19-17(25)20-11-8-14(9-12-20)21-10-5-13-24-18(21)22/h3-4,6-7,14H,2,5,8-13H2,1H3,(H,19,25). The van der Waals surface area contributed by atoms with Gasteiger partial charge in [0.1, 0.15) is 5.75 Å². The van der Waals surface area contributed by atoms with Crippen molar-refractivity contribution in [1.29, 1.82) is 0 Å². The van der Waals surface area contributed by atoms with E-state index in [-0.39, 0.29) is 12.1 Å². The van der Waals surface area contributed by atoms with Gasteiger partial charge in [0.2, 0.25) is 0 Å². The molecule has 1 aromatic carbocycles. The monoisotopic (exact) mass is 363 g/mol. The predicted octanol–water partition coefficient (Wildman–Crippen LogP) is 3.09. The Morgan fingerprint density at radius 1 is 1.32 bits per heavy atom. The summed E-state index contributed by atoms with van der Waals surface area (Å²) >= 11 is 5.57. The summed E-state index contributed by atoms with van der Waals surface area (Å²) in [5.41, 5.74) is 0.885. The van der Waals surface area contributed by atoms with E-state index in [4.69, 9.17) is 21.7 Å². The lowest BCUT2D eigenvalue weighted by atomic mass is 10.0. The quantitative estimate of drug-likeness (QED) is 0.830. The van der Waals surface area contributed by atoms with Crippen LogP contribution in [0.1, 0.15) is 26.2 Å². The predicted molar refractivity (Wildman–Crippen MR) is 101 cm³/mol. The molecule has 0 saturated carbocycles. The van der Waals surface area contributed by atoms with Gasteiger partial charge >= 0.3 is 6.09 Å². The summed E-state index contributed by atoms with van der Waals surface area (Å²) in [5, 5.41) is 4.00. The lowest BCUT2D eigenvalue weighted by Crippen LogP contribution is -2.51. The number of anilines is 1. The van der Waals surface area contributed by atoms with E-state index in [1.54, 1.807) is 0 Å². The third-order valence-electron chi connectivity index (χ3n) is 4.62. The van der Waals surface area contributed by atoms with Gasteiger partial charge in [-0.25, -0.2) is 4.79 Å². The molecule has 0 bridgehead atoms. The minimum Gasteiger partial charge on any atom is -0.492 e. The molecule has 0 radical (unpaired) electrons. The van der Waals surface area contributed by atoms with Gasteiger partial charge in [-0.05, 0) is 50.5 Å². The topological polar surface area (TPSA) is 54.0 Å². The van der Waals surface area contributed by atoms with Crippen LogP contribution in [0.2, 0.25) is 0 Å². The minimum absolute atomic E-state index is 0.170. The van der Waals surface area contributed by atoms with Gasteiger partial charge in [-0.3, -0.25) is 0 Å². The first-order valence-corrected chi connectivity index (χ1v) is 9.31. The molecule has 1 N–H and O–H groups in total. The van der Waals surface area contributed by atoms with Crippen molar-refractivity contribution < 1.29 is 14.3 Å². The fourth-order valence-corrected chi connectivity index (χ4v) is 3.62. The summed E-state index contributed by atoms with van der Waals surface area (Å²) in [5.74, 6) is 0.804. The molecule has 2 saturated heterocycles. The summed E-state index contributed by atoms with van der Waals surface area (Å²) in [7, 11) is 0. The number of cyclic esters (lactones) is 1. The van der Waals surface area contributed by atoms with E-state index in [1.807, 2.05) is 36.1 Å². The molecule has 3 rings (SSSR count). The molecule has 1 amide bonds. The Morgan fingerprint density at radius 2 is 2.08 bits per heavy atom. The number of rotatable bonds is 4. The number of benzene rings is 1. The first-order chi connectivity index (χ1) is 12.2. The average Bonchev–Trinajstić information content (AvgIpc) is 2.64. The molecule has 0 aromatic heterocycles. The normalized spacial score (nSPS) is 18.7. The smallest absolute Gasteiger partial charge is 0.410 e. The second-order valence-corrected chi connectivity index (χ2v) is 6.63. The zero-order chi connectivity index (χ0) is 17.6. The van der Waals surface area contributed by atoms with E-state index in [0.29, 0.717) is 18.3 Å². The van der Waals surface area contributed by atoms with E-state index in [1.165, 1.54) is 0 Å².